The Morgan fingerprint density at radius 1 is 1.11 bits per heavy atom. The Morgan fingerprint density at radius 3 is 2.57 bits per heavy atom. The first-order valence-electron chi connectivity index (χ1n) is 9.21. The first-order valence-corrected chi connectivity index (χ1v) is 9.21. The molecule has 0 atom stereocenters. The third-order valence-corrected chi connectivity index (χ3v) is 4.60. The summed E-state index contributed by atoms with van der Waals surface area (Å²) in [5.41, 5.74) is 1.70. The van der Waals surface area contributed by atoms with Crippen LogP contribution in [-0.2, 0) is 20.1 Å². The summed E-state index contributed by atoms with van der Waals surface area (Å²) in [6.07, 6.45) is 1.87. The Morgan fingerprint density at radius 2 is 1.86 bits per heavy atom. The van der Waals surface area contributed by atoms with E-state index in [1.165, 1.54) is 9.13 Å². The number of aromatic nitrogens is 6. The zero-order valence-corrected chi connectivity index (χ0v) is 16.1. The van der Waals surface area contributed by atoms with Crippen LogP contribution in [0, 0.1) is 5.92 Å². The predicted octanol–water partition coefficient (Wildman–Crippen LogP) is 1.99. The molecule has 4 aromatic rings. The number of hydrogen-bond acceptors (Lipinski definition) is 4. The van der Waals surface area contributed by atoms with E-state index < -0.39 is 0 Å². The van der Waals surface area contributed by atoms with Gasteiger partial charge in [0, 0.05) is 19.8 Å². The first kappa shape index (κ1) is 18.0. The number of nitrogens with zero attached hydrogens (tertiary/aromatic N) is 5. The van der Waals surface area contributed by atoms with Crippen molar-refractivity contribution in [2.24, 2.45) is 13.0 Å². The van der Waals surface area contributed by atoms with Crippen molar-refractivity contribution in [1.82, 2.24) is 28.9 Å². The van der Waals surface area contributed by atoms with Crippen LogP contribution in [0.4, 0.5) is 0 Å². The summed E-state index contributed by atoms with van der Waals surface area (Å²) in [6.45, 7) is 4.93. The molecule has 28 heavy (non-hydrogen) atoms. The Balaban J connectivity index is 1.75. The molecule has 0 fully saturated rings. The number of nitrogens with one attached hydrogen (secondary N) is 1. The molecule has 1 aromatic carbocycles. The van der Waals surface area contributed by atoms with Gasteiger partial charge in [0.05, 0.1) is 6.54 Å². The predicted molar refractivity (Wildman–Crippen MR) is 107 cm³/mol. The topological polar surface area (TPSA) is 90.5 Å². The van der Waals surface area contributed by atoms with Gasteiger partial charge in [0.15, 0.2) is 11.5 Å². The van der Waals surface area contributed by atoms with Gasteiger partial charge in [-0.3, -0.25) is 18.6 Å². The molecule has 0 saturated heterocycles. The first-order chi connectivity index (χ1) is 13.4. The van der Waals surface area contributed by atoms with Crippen LogP contribution < -0.4 is 11.2 Å². The molecule has 0 amide bonds. The van der Waals surface area contributed by atoms with Crippen LogP contribution in [0.5, 0.6) is 0 Å². The number of fused-ring (bicyclic) bond motifs is 1. The van der Waals surface area contributed by atoms with E-state index in [1.807, 2.05) is 61.1 Å². The maximum atomic E-state index is 12.8. The summed E-state index contributed by atoms with van der Waals surface area (Å²) in [7, 11) is 1.62. The second-order valence-corrected chi connectivity index (χ2v) is 7.32. The molecule has 0 bridgehead atoms. The van der Waals surface area contributed by atoms with E-state index in [1.54, 1.807) is 7.05 Å². The smallest absolute Gasteiger partial charge is 0.331 e. The summed E-state index contributed by atoms with van der Waals surface area (Å²) < 4.78 is 4.47. The number of rotatable bonds is 5. The minimum atomic E-state index is -0.362. The Kier molecular flexibility index (Phi) is 4.46. The summed E-state index contributed by atoms with van der Waals surface area (Å²) in [4.78, 5) is 32.8. The maximum Gasteiger partial charge on any atom is 0.332 e. The summed E-state index contributed by atoms with van der Waals surface area (Å²) in [5, 5.41) is 4.55. The highest BCUT2D eigenvalue weighted by atomic mass is 16.2. The van der Waals surface area contributed by atoms with E-state index in [4.69, 9.17) is 0 Å². The van der Waals surface area contributed by atoms with Crippen LogP contribution in [0.3, 0.4) is 0 Å². The van der Waals surface area contributed by atoms with Crippen LogP contribution in [0.25, 0.3) is 22.7 Å². The van der Waals surface area contributed by atoms with Crippen LogP contribution in [0.1, 0.15) is 19.4 Å². The highest BCUT2D eigenvalue weighted by Gasteiger charge is 2.17. The van der Waals surface area contributed by atoms with Crippen molar-refractivity contribution < 1.29 is 0 Å². The van der Waals surface area contributed by atoms with Crippen LogP contribution in [0.15, 0.2) is 52.2 Å². The fourth-order valence-corrected chi connectivity index (χ4v) is 3.24. The van der Waals surface area contributed by atoms with Crippen molar-refractivity contribution in [3.63, 3.8) is 0 Å². The lowest BCUT2D eigenvalue weighted by molar-refractivity contribution is 0.484. The van der Waals surface area contributed by atoms with Crippen molar-refractivity contribution in [3.05, 3.63) is 69.0 Å². The number of aromatic amines is 1. The number of imidazole rings is 1. The highest BCUT2D eigenvalue weighted by molar-refractivity contribution is 5.74. The van der Waals surface area contributed by atoms with Gasteiger partial charge in [-0.15, -0.1) is 0 Å². The number of H-pyrrole nitrogens is 1. The van der Waals surface area contributed by atoms with Crippen LogP contribution in [-0.4, -0.2) is 28.9 Å². The third-order valence-electron chi connectivity index (χ3n) is 4.60. The zero-order valence-electron chi connectivity index (χ0n) is 16.1. The van der Waals surface area contributed by atoms with Gasteiger partial charge in [-0.2, -0.15) is 5.10 Å². The maximum absolute atomic E-state index is 12.8. The van der Waals surface area contributed by atoms with Crippen LogP contribution >= 0.6 is 0 Å². The van der Waals surface area contributed by atoms with Crippen molar-refractivity contribution in [1.29, 1.82) is 0 Å². The molecule has 0 radical (unpaired) electrons. The lowest BCUT2D eigenvalue weighted by atomic mass is 10.2. The van der Waals surface area contributed by atoms with Gasteiger partial charge in [-0.1, -0.05) is 44.2 Å². The molecule has 4 rings (SSSR count). The van der Waals surface area contributed by atoms with Gasteiger partial charge in [-0.05, 0) is 17.5 Å². The molecular weight excluding hydrogens is 356 g/mol. The molecule has 3 aromatic heterocycles. The molecule has 0 spiro atoms. The Hall–Kier alpha value is -3.42. The largest absolute Gasteiger partial charge is 0.332 e. The fraction of sp³-hybridized carbons (Fsp3) is 0.300. The van der Waals surface area contributed by atoms with Gasteiger partial charge in [0.25, 0.3) is 5.56 Å². The van der Waals surface area contributed by atoms with E-state index in [2.05, 4.69) is 15.1 Å². The number of hydrogen-bond donors (Lipinski definition) is 1. The molecule has 3 heterocycles. The second kappa shape index (κ2) is 6.95. The monoisotopic (exact) mass is 378 g/mol. The minimum Gasteiger partial charge on any atom is -0.331 e. The highest BCUT2D eigenvalue weighted by Crippen LogP contribution is 2.16. The van der Waals surface area contributed by atoms with Gasteiger partial charge < -0.3 is 4.98 Å². The molecule has 0 unspecified atom stereocenters. The lowest BCUT2D eigenvalue weighted by Gasteiger charge is -2.09. The molecule has 1 N–H and O–H groups in total. The van der Waals surface area contributed by atoms with E-state index in [0.717, 1.165) is 5.56 Å². The average molecular weight is 378 g/mol. The number of aryl methyl sites for hydroxylation is 1. The normalized spacial score (nSPS) is 11.6. The molecule has 0 aliphatic rings. The number of benzene rings is 1. The Bertz CT molecular complexity index is 1240. The molecule has 0 aliphatic heterocycles. The van der Waals surface area contributed by atoms with E-state index in [0.29, 0.717) is 35.8 Å². The quantitative estimate of drug-likeness (QED) is 0.575. The van der Waals surface area contributed by atoms with E-state index >= 15 is 0 Å². The molecule has 0 saturated carbocycles. The third kappa shape index (κ3) is 3.17. The van der Waals surface area contributed by atoms with Gasteiger partial charge >= 0.3 is 5.69 Å². The summed E-state index contributed by atoms with van der Waals surface area (Å²) in [6, 6.07) is 11.9. The average Bonchev–Trinajstić information content (AvgIpc) is 3.31. The van der Waals surface area contributed by atoms with Crippen molar-refractivity contribution in [2.45, 2.75) is 26.9 Å². The molecule has 8 heteroatoms. The SMILES string of the molecule is CC(C)Cn1c(=O)c2[nH]c(-c3ccn(Cc4ccccc4)n3)nc2n(C)c1=O. The molecule has 8 nitrogen and oxygen atoms in total. The second-order valence-electron chi connectivity index (χ2n) is 7.32. The summed E-state index contributed by atoms with van der Waals surface area (Å²) >= 11 is 0. The van der Waals surface area contributed by atoms with Gasteiger partial charge in [-0.25, -0.2) is 9.78 Å². The van der Waals surface area contributed by atoms with Crippen molar-refractivity contribution in [2.75, 3.05) is 0 Å². The minimum absolute atomic E-state index is 0.180. The molecule has 144 valence electrons. The molecular formula is C20H22N6O2. The van der Waals surface area contributed by atoms with Crippen LogP contribution in [0.2, 0.25) is 0 Å². The van der Waals surface area contributed by atoms with Crippen molar-refractivity contribution in [3.8, 4) is 11.5 Å². The van der Waals surface area contributed by atoms with Gasteiger partial charge in [0.2, 0.25) is 0 Å². The van der Waals surface area contributed by atoms with E-state index in [9.17, 15) is 9.59 Å². The zero-order chi connectivity index (χ0) is 19.8. The fourth-order valence-electron chi connectivity index (χ4n) is 3.24. The molecule has 0 aliphatic carbocycles. The standard InChI is InChI=1S/C20H22N6O2/c1-13(2)11-26-19(27)16-18(24(3)20(26)28)22-17(21-16)15-9-10-25(23-15)12-14-7-5-4-6-8-14/h4-10,13H,11-12H2,1-3H3,(H,21,22). The van der Waals surface area contributed by atoms with Crippen molar-refractivity contribution >= 4 is 11.2 Å². The van der Waals surface area contributed by atoms with E-state index in [-0.39, 0.29) is 17.2 Å². The summed E-state index contributed by atoms with van der Waals surface area (Å²) in [5.74, 6) is 0.648. The Labute approximate surface area is 161 Å². The lowest BCUT2D eigenvalue weighted by Crippen LogP contribution is -2.40. The van der Waals surface area contributed by atoms with Gasteiger partial charge in [0.1, 0.15) is 11.2 Å².